The molecule has 0 saturated heterocycles. The van der Waals surface area contributed by atoms with Gasteiger partial charge in [0.15, 0.2) is 5.82 Å². The summed E-state index contributed by atoms with van der Waals surface area (Å²) < 4.78 is 43.1. The third kappa shape index (κ3) is 5.09. The van der Waals surface area contributed by atoms with Gasteiger partial charge in [-0.1, -0.05) is 25.6 Å². The fraction of sp³-hybridized carbons (Fsp3) is 0.179. The molecule has 0 aliphatic heterocycles. The van der Waals surface area contributed by atoms with E-state index in [-0.39, 0.29) is 29.4 Å². The smallest absolute Gasteiger partial charge is 0.325 e. The molecule has 10 nitrogen and oxygen atoms in total. The van der Waals surface area contributed by atoms with Crippen LogP contribution in [0.3, 0.4) is 0 Å². The van der Waals surface area contributed by atoms with Crippen molar-refractivity contribution in [1.82, 2.24) is 23.7 Å². The summed E-state index contributed by atoms with van der Waals surface area (Å²) in [6.07, 6.45) is -1.44. The summed E-state index contributed by atoms with van der Waals surface area (Å²) in [4.78, 5) is 43.9. The fourth-order valence-electron chi connectivity index (χ4n) is 4.64. The molecule has 0 saturated carbocycles. The number of halogens is 3. The number of fused-ring (bicyclic) bond motifs is 3. The van der Waals surface area contributed by atoms with E-state index in [1.807, 2.05) is 6.92 Å². The van der Waals surface area contributed by atoms with Gasteiger partial charge < -0.3 is 15.2 Å². The topological polar surface area (TPSA) is 115 Å². The summed E-state index contributed by atoms with van der Waals surface area (Å²) >= 11 is 0. The third-order valence-electron chi connectivity index (χ3n) is 6.45. The molecule has 0 atom stereocenters. The van der Waals surface area contributed by atoms with Gasteiger partial charge in [0.1, 0.15) is 6.54 Å². The zero-order chi connectivity index (χ0) is 29.5. The van der Waals surface area contributed by atoms with Gasteiger partial charge >= 0.3 is 6.18 Å². The Morgan fingerprint density at radius 2 is 1.73 bits per heavy atom. The molecule has 0 aliphatic carbocycles. The lowest BCUT2D eigenvalue weighted by molar-refractivity contribution is -0.137. The molecule has 0 radical (unpaired) electrons. The lowest BCUT2D eigenvalue weighted by atomic mass is 10.1. The van der Waals surface area contributed by atoms with Crippen LogP contribution in [-0.4, -0.2) is 35.5 Å². The number of anilines is 2. The number of para-hydroxylation sites is 2. The number of nitrogens with zero attached hydrogens (tertiary/aromatic N) is 5. The minimum Gasteiger partial charge on any atom is -0.325 e. The Kier molecular flexibility index (Phi) is 6.95. The number of rotatable bonds is 7. The largest absolute Gasteiger partial charge is 0.416 e. The lowest BCUT2D eigenvalue weighted by Gasteiger charge is -2.11. The molecule has 210 valence electrons. The van der Waals surface area contributed by atoms with Crippen LogP contribution in [0.25, 0.3) is 27.9 Å². The number of hydrogen-bond acceptors (Lipinski definition) is 5. The maximum Gasteiger partial charge on any atom is 0.416 e. The molecule has 5 aromatic rings. The first kappa shape index (κ1) is 27.4. The van der Waals surface area contributed by atoms with Crippen molar-refractivity contribution in [3.63, 3.8) is 0 Å². The Morgan fingerprint density at radius 1 is 1.05 bits per heavy atom. The molecule has 0 bridgehead atoms. The number of hydrogen-bond donors (Lipinski definition) is 2. The van der Waals surface area contributed by atoms with Crippen LogP contribution in [0.4, 0.5) is 24.7 Å². The van der Waals surface area contributed by atoms with Crippen molar-refractivity contribution in [3.05, 3.63) is 89.0 Å². The van der Waals surface area contributed by atoms with Crippen molar-refractivity contribution < 1.29 is 22.8 Å². The zero-order valence-corrected chi connectivity index (χ0v) is 22.0. The highest BCUT2D eigenvalue weighted by Crippen LogP contribution is 2.31. The average Bonchev–Trinajstić information content (AvgIpc) is 3.44. The van der Waals surface area contributed by atoms with Crippen molar-refractivity contribution in [1.29, 1.82) is 0 Å². The predicted octanol–water partition coefficient (Wildman–Crippen LogP) is 4.39. The van der Waals surface area contributed by atoms with Crippen LogP contribution in [0.5, 0.6) is 0 Å². The Bertz CT molecular complexity index is 1880. The Morgan fingerprint density at radius 3 is 2.37 bits per heavy atom. The molecule has 13 heteroatoms. The summed E-state index contributed by atoms with van der Waals surface area (Å²) in [6, 6.07) is 11.1. The number of amides is 2. The molecular weight excluding hydrogens is 539 g/mol. The maximum atomic E-state index is 14.1. The molecular formula is C28H24F3N7O3. The summed E-state index contributed by atoms with van der Waals surface area (Å²) in [5.41, 5.74) is 1.02. The van der Waals surface area contributed by atoms with Gasteiger partial charge in [-0.2, -0.15) is 18.3 Å². The van der Waals surface area contributed by atoms with Gasteiger partial charge in [-0.05, 0) is 48.9 Å². The Hall–Kier alpha value is -5.20. The van der Waals surface area contributed by atoms with E-state index in [9.17, 15) is 27.6 Å². The standard InChI is InChI=1S/C28H24F3N7O3/c1-4-19-24(18-14-36(3)35-25(18)34-22(39)5-2)26(41)38-21-9-7-6-8-20(21)37(27(38)33-19)15-23(40)32-17-12-10-16(11-13-17)28(29,30)31/h5-14H,2,4,15H2,1,3H3,(H,32,40)(H,34,35,39). The van der Waals surface area contributed by atoms with Gasteiger partial charge in [0.05, 0.1) is 33.4 Å². The Labute approximate surface area is 230 Å². The first-order valence-electron chi connectivity index (χ1n) is 12.5. The van der Waals surface area contributed by atoms with E-state index in [2.05, 4.69) is 22.3 Å². The van der Waals surface area contributed by atoms with E-state index in [1.54, 1.807) is 42.1 Å². The van der Waals surface area contributed by atoms with E-state index in [0.717, 1.165) is 18.2 Å². The second-order valence-corrected chi connectivity index (χ2v) is 9.18. The molecule has 0 fully saturated rings. The van der Waals surface area contributed by atoms with Crippen molar-refractivity contribution in [3.8, 4) is 11.1 Å². The summed E-state index contributed by atoms with van der Waals surface area (Å²) in [5.74, 6) is -0.635. The summed E-state index contributed by atoms with van der Waals surface area (Å²) in [7, 11) is 1.66. The highest BCUT2D eigenvalue weighted by Gasteiger charge is 2.30. The first-order chi connectivity index (χ1) is 19.5. The van der Waals surface area contributed by atoms with Gasteiger partial charge in [0, 0.05) is 18.9 Å². The monoisotopic (exact) mass is 563 g/mol. The minimum atomic E-state index is -4.49. The second-order valence-electron chi connectivity index (χ2n) is 9.18. The SMILES string of the molecule is C=CC(=O)Nc1nn(C)cc1-c1c(CC)nc2n(CC(=O)Nc3ccc(C(F)(F)F)cc3)c3ccccc3n2c1=O. The number of aromatic nitrogens is 5. The van der Waals surface area contributed by atoms with E-state index in [1.165, 1.54) is 21.2 Å². The number of imidazole rings is 1. The first-order valence-corrected chi connectivity index (χ1v) is 12.5. The Balaban J connectivity index is 1.61. The van der Waals surface area contributed by atoms with Gasteiger partial charge in [0.2, 0.25) is 17.6 Å². The normalized spacial score (nSPS) is 11.6. The number of nitrogens with one attached hydrogen (secondary N) is 2. The van der Waals surface area contributed by atoms with Crippen LogP contribution >= 0.6 is 0 Å². The van der Waals surface area contributed by atoms with Gasteiger partial charge in [-0.3, -0.25) is 19.1 Å². The molecule has 3 heterocycles. The number of alkyl halides is 3. The number of benzene rings is 2. The van der Waals surface area contributed by atoms with E-state index >= 15 is 0 Å². The summed E-state index contributed by atoms with van der Waals surface area (Å²) in [6.45, 7) is 5.01. The predicted molar refractivity (Wildman–Crippen MR) is 147 cm³/mol. The minimum absolute atomic E-state index is 0.172. The highest BCUT2D eigenvalue weighted by molar-refractivity contribution is 6.01. The van der Waals surface area contributed by atoms with Gasteiger partial charge in [-0.25, -0.2) is 9.38 Å². The number of aryl methyl sites for hydroxylation is 2. The summed E-state index contributed by atoms with van der Waals surface area (Å²) in [5, 5.41) is 9.50. The highest BCUT2D eigenvalue weighted by atomic mass is 19.4. The van der Waals surface area contributed by atoms with Crippen LogP contribution < -0.4 is 16.2 Å². The molecule has 0 spiro atoms. The van der Waals surface area contributed by atoms with Crippen molar-refractivity contribution in [2.45, 2.75) is 26.1 Å². The van der Waals surface area contributed by atoms with Gasteiger partial charge in [-0.15, -0.1) is 0 Å². The van der Waals surface area contributed by atoms with Crippen molar-refractivity contribution >= 4 is 40.1 Å². The maximum absolute atomic E-state index is 14.1. The van der Waals surface area contributed by atoms with Crippen molar-refractivity contribution in [2.24, 2.45) is 7.05 Å². The second kappa shape index (κ2) is 10.4. The van der Waals surface area contributed by atoms with E-state index in [4.69, 9.17) is 4.98 Å². The van der Waals surface area contributed by atoms with E-state index < -0.39 is 29.1 Å². The molecule has 2 aromatic carbocycles. The van der Waals surface area contributed by atoms with Crippen LogP contribution in [0, 0.1) is 0 Å². The fourth-order valence-corrected chi connectivity index (χ4v) is 4.64. The molecule has 5 rings (SSSR count). The molecule has 41 heavy (non-hydrogen) atoms. The van der Waals surface area contributed by atoms with Crippen LogP contribution in [0.1, 0.15) is 18.2 Å². The van der Waals surface area contributed by atoms with Crippen LogP contribution in [-0.2, 0) is 35.8 Å². The molecule has 2 amide bonds. The van der Waals surface area contributed by atoms with Crippen LogP contribution in [0.2, 0.25) is 0 Å². The van der Waals surface area contributed by atoms with E-state index in [0.29, 0.717) is 28.7 Å². The lowest BCUT2D eigenvalue weighted by Crippen LogP contribution is -2.23. The van der Waals surface area contributed by atoms with Crippen molar-refractivity contribution in [2.75, 3.05) is 10.6 Å². The number of carbonyl (C=O) groups is 2. The van der Waals surface area contributed by atoms with Gasteiger partial charge in [0.25, 0.3) is 5.56 Å². The molecule has 0 aliphatic rings. The number of carbonyl (C=O) groups excluding carboxylic acids is 2. The average molecular weight is 564 g/mol. The quantitative estimate of drug-likeness (QED) is 0.285. The zero-order valence-electron chi connectivity index (χ0n) is 22.0. The molecule has 3 aromatic heterocycles. The third-order valence-corrected chi connectivity index (χ3v) is 6.45. The molecule has 2 N–H and O–H groups in total. The van der Waals surface area contributed by atoms with Crippen LogP contribution in [0.15, 0.2) is 72.2 Å². The molecule has 0 unspecified atom stereocenters.